The number of halogens is 1. The molecule has 2 aliphatic rings. The number of anilines is 1. The van der Waals surface area contributed by atoms with E-state index in [2.05, 4.69) is 0 Å². The molecule has 1 aliphatic heterocycles. The Morgan fingerprint density at radius 1 is 1.32 bits per heavy atom. The Balaban J connectivity index is 2.37. The third-order valence-electron chi connectivity index (χ3n) is 4.58. The van der Waals surface area contributed by atoms with Gasteiger partial charge in [-0.25, -0.2) is 4.39 Å². The molecule has 3 rings (SSSR count). The zero-order valence-electron chi connectivity index (χ0n) is 12.6. The minimum Gasteiger partial charge on any atom is -0.314 e. The van der Waals surface area contributed by atoms with E-state index in [0.717, 1.165) is 0 Å². The van der Waals surface area contributed by atoms with Gasteiger partial charge in [0.1, 0.15) is 17.3 Å². The van der Waals surface area contributed by atoms with Crippen molar-refractivity contribution in [3.63, 3.8) is 0 Å². The molecule has 1 atom stereocenters. The normalized spacial score (nSPS) is 26.0. The van der Waals surface area contributed by atoms with Gasteiger partial charge >= 0.3 is 0 Å². The number of fused-ring (bicyclic) bond motifs is 2. The van der Waals surface area contributed by atoms with Gasteiger partial charge in [0.25, 0.3) is 0 Å². The topological polar surface area (TPSA) is 61.2 Å². The van der Waals surface area contributed by atoms with Gasteiger partial charge in [0.2, 0.25) is 5.91 Å². The van der Waals surface area contributed by atoms with Crippen molar-refractivity contribution in [2.75, 3.05) is 11.9 Å². The fourth-order valence-electron chi connectivity index (χ4n) is 3.64. The van der Waals surface area contributed by atoms with Crippen LogP contribution in [0.25, 0.3) is 0 Å². The predicted molar refractivity (Wildman–Crippen MR) is 78.6 cm³/mol. The standard InChI is InChI=1S/C17H15FN2O2/c1-16(2)9-17(7-10(8-19)14(16)21)13-11(18)5-4-6-12(13)20(3)15(17)22/h4-7H,9H2,1-3H3. The average molecular weight is 298 g/mol. The number of nitrogens with zero attached hydrogens (tertiary/aromatic N) is 2. The molecule has 112 valence electrons. The summed E-state index contributed by atoms with van der Waals surface area (Å²) in [5.41, 5.74) is -1.51. The summed E-state index contributed by atoms with van der Waals surface area (Å²) in [5, 5.41) is 9.25. The molecule has 1 spiro atoms. The first-order valence-corrected chi connectivity index (χ1v) is 6.99. The lowest BCUT2D eigenvalue weighted by molar-refractivity contribution is -0.128. The summed E-state index contributed by atoms with van der Waals surface area (Å²) in [6.45, 7) is 3.38. The lowest BCUT2D eigenvalue weighted by Crippen LogP contribution is -2.46. The van der Waals surface area contributed by atoms with Crippen molar-refractivity contribution in [1.82, 2.24) is 0 Å². The van der Waals surface area contributed by atoms with E-state index in [0.29, 0.717) is 5.69 Å². The van der Waals surface area contributed by atoms with Gasteiger partial charge in [-0.1, -0.05) is 19.9 Å². The summed E-state index contributed by atoms with van der Waals surface area (Å²) < 4.78 is 14.5. The van der Waals surface area contributed by atoms with Crippen LogP contribution in [0.1, 0.15) is 25.8 Å². The maximum absolute atomic E-state index is 14.5. The van der Waals surface area contributed by atoms with Crippen molar-refractivity contribution >= 4 is 17.4 Å². The van der Waals surface area contributed by atoms with Crippen LogP contribution in [0, 0.1) is 22.6 Å². The summed E-state index contributed by atoms with van der Waals surface area (Å²) in [6, 6.07) is 6.39. The third kappa shape index (κ3) is 1.61. The van der Waals surface area contributed by atoms with Gasteiger partial charge in [0.15, 0.2) is 5.78 Å². The first-order chi connectivity index (χ1) is 10.2. The number of benzene rings is 1. The Bertz CT molecular complexity index is 788. The summed E-state index contributed by atoms with van der Waals surface area (Å²) in [6.07, 6.45) is 1.51. The van der Waals surface area contributed by atoms with Crippen molar-refractivity contribution in [2.45, 2.75) is 25.7 Å². The van der Waals surface area contributed by atoms with Gasteiger partial charge in [0.05, 0.1) is 11.3 Å². The number of Topliss-reactive ketones (excluding diaryl/α,β-unsaturated/α-hetero) is 1. The molecular weight excluding hydrogens is 283 g/mol. The molecule has 1 aromatic carbocycles. The second-order valence-electron chi connectivity index (χ2n) is 6.53. The highest BCUT2D eigenvalue weighted by atomic mass is 19.1. The van der Waals surface area contributed by atoms with Gasteiger partial charge in [0, 0.05) is 18.0 Å². The molecule has 0 radical (unpaired) electrons. The Morgan fingerprint density at radius 2 is 2.00 bits per heavy atom. The van der Waals surface area contributed by atoms with Crippen molar-refractivity contribution < 1.29 is 14.0 Å². The van der Waals surface area contributed by atoms with Crippen LogP contribution in [0.3, 0.4) is 0 Å². The Labute approximate surface area is 127 Å². The van der Waals surface area contributed by atoms with E-state index in [1.165, 1.54) is 17.0 Å². The Kier molecular flexibility index (Phi) is 2.80. The average Bonchev–Trinajstić information content (AvgIpc) is 2.66. The maximum atomic E-state index is 14.5. The number of ketones is 1. The third-order valence-corrected chi connectivity index (χ3v) is 4.58. The Morgan fingerprint density at radius 3 is 2.64 bits per heavy atom. The molecule has 0 aromatic heterocycles. The van der Waals surface area contributed by atoms with Crippen molar-refractivity contribution in [3.05, 3.63) is 41.2 Å². The van der Waals surface area contributed by atoms with E-state index in [4.69, 9.17) is 0 Å². The second kappa shape index (κ2) is 4.26. The fourth-order valence-corrected chi connectivity index (χ4v) is 3.64. The molecule has 1 aliphatic carbocycles. The molecule has 22 heavy (non-hydrogen) atoms. The zero-order valence-corrected chi connectivity index (χ0v) is 12.6. The molecule has 4 nitrogen and oxygen atoms in total. The predicted octanol–water partition coefficient (Wildman–Crippen LogP) is 2.49. The number of allylic oxidation sites excluding steroid dienone is 1. The van der Waals surface area contributed by atoms with Gasteiger partial charge in [-0.05, 0) is 24.6 Å². The molecule has 0 saturated heterocycles. The van der Waals surface area contributed by atoms with Crippen LogP contribution in [0.15, 0.2) is 29.8 Å². The smallest absolute Gasteiger partial charge is 0.241 e. The number of amides is 1. The SMILES string of the molecule is CN1C(=O)C2(C=C(C#N)C(=O)C(C)(C)C2)c2c(F)cccc21. The fraction of sp³-hybridized carbons (Fsp3) is 0.353. The van der Waals surface area contributed by atoms with E-state index < -0.39 is 16.6 Å². The Hall–Kier alpha value is -2.48. The molecule has 1 unspecified atom stereocenters. The minimum absolute atomic E-state index is 0.0749. The number of likely N-dealkylation sites (N-methyl/N-ethyl adjacent to an activating group) is 1. The summed E-state index contributed by atoms with van der Waals surface area (Å²) >= 11 is 0. The molecule has 1 aromatic rings. The van der Waals surface area contributed by atoms with Gasteiger partial charge in [-0.2, -0.15) is 5.26 Å². The lowest BCUT2D eigenvalue weighted by atomic mass is 9.62. The first kappa shape index (κ1) is 14.5. The number of hydrogen-bond acceptors (Lipinski definition) is 3. The first-order valence-electron chi connectivity index (χ1n) is 6.99. The van der Waals surface area contributed by atoms with Crippen LogP contribution < -0.4 is 4.90 Å². The van der Waals surface area contributed by atoms with Crippen LogP contribution in [-0.4, -0.2) is 18.7 Å². The zero-order chi connectivity index (χ0) is 16.3. The molecular formula is C17H15FN2O2. The van der Waals surface area contributed by atoms with Gasteiger partial charge in [-0.15, -0.1) is 0 Å². The van der Waals surface area contributed by atoms with E-state index in [1.54, 1.807) is 33.0 Å². The summed E-state index contributed by atoms with van der Waals surface area (Å²) in [5.74, 6) is -1.10. The van der Waals surface area contributed by atoms with Crippen LogP contribution >= 0.6 is 0 Å². The second-order valence-corrected chi connectivity index (χ2v) is 6.53. The van der Waals surface area contributed by atoms with Crippen molar-refractivity contribution in [2.24, 2.45) is 5.41 Å². The van der Waals surface area contributed by atoms with Gasteiger partial charge in [-0.3, -0.25) is 9.59 Å². The largest absolute Gasteiger partial charge is 0.314 e. The maximum Gasteiger partial charge on any atom is 0.241 e. The summed E-state index contributed by atoms with van der Waals surface area (Å²) in [7, 11) is 1.58. The van der Waals surface area contributed by atoms with E-state index >= 15 is 0 Å². The highest BCUT2D eigenvalue weighted by Gasteiger charge is 2.56. The van der Waals surface area contributed by atoms with E-state index in [1.807, 2.05) is 6.07 Å². The number of carbonyl (C=O) groups is 2. The van der Waals surface area contributed by atoms with Crippen LogP contribution in [0.5, 0.6) is 0 Å². The number of hydrogen-bond donors (Lipinski definition) is 0. The van der Waals surface area contributed by atoms with Gasteiger partial charge < -0.3 is 4.90 Å². The monoisotopic (exact) mass is 298 g/mol. The molecule has 0 saturated carbocycles. The van der Waals surface area contributed by atoms with Crippen molar-refractivity contribution in [1.29, 1.82) is 5.26 Å². The molecule has 5 heteroatoms. The highest BCUT2D eigenvalue weighted by Crippen LogP contribution is 2.52. The van der Waals surface area contributed by atoms with E-state index in [9.17, 15) is 19.2 Å². The van der Waals surface area contributed by atoms with Crippen LogP contribution in [0.2, 0.25) is 0 Å². The molecule has 0 N–H and O–H groups in total. The summed E-state index contributed by atoms with van der Waals surface area (Å²) in [4.78, 5) is 26.5. The lowest BCUT2D eigenvalue weighted by Gasteiger charge is -2.37. The van der Waals surface area contributed by atoms with E-state index in [-0.39, 0.29) is 29.2 Å². The van der Waals surface area contributed by atoms with Crippen molar-refractivity contribution in [3.8, 4) is 6.07 Å². The number of nitriles is 1. The molecule has 1 heterocycles. The molecule has 1 amide bonds. The number of rotatable bonds is 0. The van der Waals surface area contributed by atoms with Crippen LogP contribution in [0.4, 0.5) is 10.1 Å². The molecule has 0 fully saturated rings. The minimum atomic E-state index is -1.28. The van der Waals surface area contributed by atoms with Crippen LogP contribution in [-0.2, 0) is 15.0 Å². The highest BCUT2D eigenvalue weighted by molar-refractivity contribution is 6.13. The number of carbonyl (C=O) groups excluding carboxylic acids is 2. The quantitative estimate of drug-likeness (QED) is 0.739. The molecule has 0 bridgehead atoms.